The first-order valence-corrected chi connectivity index (χ1v) is 9.49. The number of carbonyl (C=O) groups is 1. The molecule has 1 aliphatic carbocycles. The van der Waals surface area contributed by atoms with Crippen LogP contribution in [0.15, 0.2) is 4.34 Å². The molecule has 1 aromatic rings. The van der Waals surface area contributed by atoms with Crippen molar-refractivity contribution < 1.29 is 4.79 Å². The summed E-state index contributed by atoms with van der Waals surface area (Å²) in [5.74, 6) is 0.467. The van der Waals surface area contributed by atoms with E-state index in [4.69, 9.17) is 0 Å². The summed E-state index contributed by atoms with van der Waals surface area (Å²) in [5, 5.41) is 15.6. The summed E-state index contributed by atoms with van der Waals surface area (Å²) in [4.78, 5) is 11.7. The van der Waals surface area contributed by atoms with Crippen molar-refractivity contribution >= 4 is 34.1 Å². The van der Waals surface area contributed by atoms with Gasteiger partial charge < -0.3 is 10.6 Å². The number of rotatable bonds is 7. The highest BCUT2D eigenvalue weighted by Gasteiger charge is 2.15. The topological polar surface area (TPSA) is 66.9 Å². The van der Waals surface area contributed by atoms with Crippen molar-refractivity contribution in [3.05, 3.63) is 0 Å². The third-order valence-corrected chi connectivity index (χ3v) is 5.67. The third kappa shape index (κ3) is 5.82. The summed E-state index contributed by atoms with van der Waals surface area (Å²) < 4.78 is 0.854. The standard InChI is InChI=1S/C14H24N4OS2/c1-3-10(2)15-12(19)9-20-14-18-17-13(21-14)16-11-7-5-4-6-8-11/h10-11H,3-9H2,1-2H3,(H,15,19)(H,16,17). The fourth-order valence-corrected chi connectivity index (χ4v) is 3.93. The summed E-state index contributed by atoms with van der Waals surface area (Å²) in [6.07, 6.45) is 7.34. The summed E-state index contributed by atoms with van der Waals surface area (Å²) in [6.45, 7) is 4.08. The first-order chi connectivity index (χ1) is 10.2. The Kier molecular flexibility index (Phi) is 6.76. The average Bonchev–Trinajstić information content (AvgIpc) is 2.93. The first kappa shape index (κ1) is 16.5. The van der Waals surface area contributed by atoms with Gasteiger partial charge in [0.1, 0.15) is 0 Å². The van der Waals surface area contributed by atoms with Crippen LogP contribution in [0.3, 0.4) is 0 Å². The Balaban J connectivity index is 1.73. The summed E-state index contributed by atoms with van der Waals surface area (Å²) in [6, 6.07) is 0.773. The number of thioether (sulfide) groups is 1. The molecule has 7 heteroatoms. The van der Waals surface area contributed by atoms with Crippen LogP contribution in [0.4, 0.5) is 5.13 Å². The molecule has 1 saturated carbocycles. The van der Waals surface area contributed by atoms with E-state index in [-0.39, 0.29) is 11.9 Å². The van der Waals surface area contributed by atoms with E-state index in [1.165, 1.54) is 43.9 Å². The van der Waals surface area contributed by atoms with Gasteiger partial charge >= 0.3 is 0 Å². The zero-order chi connectivity index (χ0) is 15.1. The molecule has 21 heavy (non-hydrogen) atoms. The van der Waals surface area contributed by atoms with Crippen LogP contribution >= 0.6 is 23.1 Å². The predicted octanol–water partition coefficient (Wildman–Crippen LogP) is 3.29. The monoisotopic (exact) mass is 328 g/mol. The molecular formula is C14H24N4OS2. The largest absolute Gasteiger partial charge is 0.357 e. The molecule has 2 N–H and O–H groups in total. The molecule has 1 unspecified atom stereocenters. The van der Waals surface area contributed by atoms with E-state index in [2.05, 4.69) is 27.8 Å². The zero-order valence-electron chi connectivity index (χ0n) is 12.7. The maximum Gasteiger partial charge on any atom is 0.230 e. The second-order valence-electron chi connectivity index (χ2n) is 5.52. The van der Waals surface area contributed by atoms with E-state index in [0.717, 1.165) is 15.9 Å². The molecule has 2 rings (SSSR count). The molecule has 1 heterocycles. The van der Waals surface area contributed by atoms with Crippen molar-refractivity contribution in [2.75, 3.05) is 11.1 Å². The minimum atomic E-state index is 0.0614. The van der Waals surface area contributed by atoms with Gasteiger partial charge in [-0.05, 0) is 26.2 Å². The van der Waals surface area contributed by atoms with Gasteiger partial charge in [0.05, 0.1) is 5.75 Å². The number of hydrogen-bond donors (Lipinski definition) is 2. The quantitative estimate of drug-likeness (QED) is 0.752. The van der Waals surface area contributed by atoms with Gasteiger partial charge in [0.2, 0.25) is 11.0 Å². The van der Waals surface area contributed by atoms with Crippen LogP contribution in [0.25, 0.3) is 0 Å². The Labute approximate surface area is 134 Å². The SMILES string of the molecule is CCC(C)NC(=O)CSc1nnc(NC2CCCCC2)s1. The number of carbonyl (C=O) groups excluding carboxylic acids is 1. The van der Waals surface area contributed by atoms with Gasteiger partial charge in [0.25, 0.3) is 0 Å². The lowest BCUT2D eigenvalue weighted by Crippen LogP contribution is -2.33. The van der Waals surface area contributed by atoms with E-state index in [1.54, 1.807) is 11.3 Å². The molecule has 118 valence electrons. The highest BCUT2D eigenvalue weighted by atomic mass is 32.2. The lowest BCUT2D eigenvalue weighted by Gasteiger charge is -2.21. The van der Waals surface area contributed by atoms with E-state index in [9.17, 15) is 4.79 Å². The number of nitrogens with zero attached hydrogens (tertiary/aromatic N) is 2. The molecular weight excluding hydrogens is 304 g/mol. The fourth-order valence-electron chi connectivity index (χ4n) is 2.29. The lowest BCUT2D eigenvalue weighted by molar-refractivity contribution is -0.119. The van der Waals surface area contributed by atoms with Crippen molar-refractivity contribution in [1.82, 2.24) is 15.5 Å². The molecule has 1 aromatic heterocycles. The number of anilines is 1. The van der Waals surface area contributed by atoms with Crippen LogP contribution in [-0.2, 0) is 4.79 Å². The smallest absolute Gasteiger partial charge is 0.230 e. The zero-order valence-corrected chi connectivity index (χ0v) is 14.4. The lowest BCUT2D eigenvalue weighted by atomic mass is 9.96. The van der Waals surface area contributed by atoms with Crippen molar-refractivity contribution in [1.29, 1.82) is 0 Å². The van der Waals surface area contributed by atoms with Crippen LogP contribution in [0.1, 0.15) is 52.4 Å². The Morgan fingerprint density at radius 3 is 2.86 bits per heavy atom. The third-order valence-electron chi connectivity index (χ3n) is 3.69. The van der Waals surface area contributed by atoms with Crippen molar-refractivity contribution in [2.24, 2.45) is 0 Å². The minimum Gasteiger partial charge on any atom is -0.357 e. The maximum absolute atomic E-state index is 11.7. The van der Waals surface area contributed by atoms with Gasteiger partial charge in [-0.3, -0.25) is 4.79 Å². The van der Waals surface area contributed by atoms with Gasteiger partial charge in [-0.15, -0.1) is 10.2 Å². The highest BCUT2D eigenvalue weighted by molar-refractivity contribution is 8.01. The maximum atomic E-state index is 11.7. The Bertz CT molecular complexity index is 446. The van der Waals surface area contributed by atoms with E-state index >= 15 is 0 Å². The van der Waals surface area contributed by atoms with Crippen LogP contribution in [0, 0.1) is 0 Å². The molecule has 0 aliphatic heterocycles. The molecule has 0 bridgehead atoms. The van der Waals surface area contributed by atoms with Crippen LogP contribution < -0.4 is 10.6 Å². The molecule has 0 radical (unpaired) electrons. The van der Waals surface area contributed by atoms with E-state index in [1.807, 2.05) is 6.92 Å². The Hall–Kier alpha value is -0.820. The Morgan fingerprint density at radius 2 is 2.14 bits per heavy atom. The number of amides is 1. The number of aromatic nitrogens is 2. The van der Waals surface area contributed by atoms with Gasteiger partial charge in [-0.25, -0.2) is 0 Å². The summed E-state index contributed by atoms with van der Waals surface area (Å²) in [5.41, 5.74) is 0. The molecule has 0 aromatic carbocycles. The predicted molar refractivity (Wildman–Crippen MR) is 89.0 cm³/mol. The molecule has 5 nitrogen and oxygen atoms in total. The molecule has 1 aliphatic rings. The second-order valence-corrected chi connectivity index (χ2v) is 7.72. The summed E-state index contributed by atoms with van der Waals surface area (Å²) in [7, 11) is 0. The normalized spacial score (nSPS) is 17.4. The summed E-state index contributed by atoms with van der Waals surface area (Å²) >= 11 is 3.00. The first-order valence-electron chi connectivity index (χ1n) is 7.69. The second kappa shape index (κ2) is 8.58. The van der Waals surface area contributed by atoms with Gasteiger partial charge in [-0.1, -0.05) is 49.3 Å². The minimum absolute atomic E-state index is 0.0614. The number of hydrogen-bond acceptors (Lipinski definition) is 6. The Morgan fingerprint density at radius 1 is 1.38 bits per heavy atom. The van der Waals surface area contributed by atoms with Crippen LogP contribution in [-0.4, -0.2) is 33.9 Å². The van der Waals surface area contributed by atoms with Crippen LogP contribution in [0.2, 0.25) is 0 Å². The van der Waals surface area contributed by atoms with Crippen molar-refractivity contribution in [3.8, 4) is 0 Å². The molecule has 1 amide bonds. The number of nitrogens with one attached hydrogen (secondary N) is 2. The molecule has 0 spiro atoms. The van der Waals surface area contributed by atoms with Crippen molar-refractivity contribution in [2.45, 2.75) is 68.8 Å². The van der Waals surface area contributed by atoms with E-state index < -0.39 is 0 Å². The van der Waals surface area contributed by atoms with Crippen LogP contribution in [0.5, 0.6) is 0 Å². The molecule has 1 fully saturated rings. The molecule has 0 saturated heterocycles. The van der Waals surface area contributed by atoms with Gasteiger partial charge in [0, 0.05) is 12.1 Å². The van der Waals surface area contributed by atoms with E-state index in [0.29, 0.717) is 11.8 Å². The average molecular weight is 329 g/mol. The highest BCUT2D eigenvalue weighted by Crippen LogP contribution is 2.28. The fraction of sp³-hybridized carbons (Fsp3) is 0.786. The molecule has 1 atom stereocenters. The van der Waals surface area contributed by atoms with Gasteiger partial charge in [-0.2, -0.15) is 0 Å². The van der Waals surface area contributed by atoms with Crippen molar-refractivity contribution in [3.63, 3.8) is 0 Å². The van der Waals surface area contributed by atoms with Gasteiger partial charge in [0.15, 0.2) is 4.34 Å².